The number of aromatic nitrogens is 2. The summed E-state index contributed by atoms with van der Waals surface area (Å²) in [7, 11) is 1.59. The van der Waals surface area contributed by atoms with Crippen LogP contribution < -0.4 is 16.3 Å². The fourth-order valence-electron chi connectivity index (χ4n) is 2.04. The van der Waals surface area contributed by atoms with Gasteiger partial charge in [-0.1, -0.05) is 6.07 Å². The molecule has 1 aromatic heterocycles. The van der Waals surface area contributed by atoms with Crippen LogP contribution in [0.3, 0.4) is 0 Å². The maximum atomic E-state index is 11.6. The van der Waals surface area contributed by atoms with Crippen LogP contribution in [0.1, 0.15) is 18.5 Å². The van der Waals surface area contributed by atoms with Crippen molar-refractivity contribution in [3.05, 3.63) is 34.2 Å². The molecule has 7 nitrogen and oxygen atoms in total. The normalized spacial score (nSPS) is 12.5. The van der Waals surface area contributed by atoms with Crippen LogP contribution in [0, 0.1) is 0 Å². The summed E-state index contributed by atoms with van der Waals surface area (Å²) in [5.74, 6) is -0.0740. The Hall–Kier alpha value is -2.12. The van der Waals surface area contributed by atoms with E-state index in [0.717, 1.165) is 16.6 Å². The molecule has 7 heteroatoms. The van der Waals surface area contributed by atoms with Gasteiger partial charge in [0.05, 0.1) is 24.2 Å². The molecule has 0 spiro atoms. The van der Waals surface area contributed by atoms with E-state index in [9.17, 15) is 9.59 Å². The first-order valence-electron chi connectivity index (χ1n) is 6.81. The molecule has 1 aromatic carbocycles. The molecule has 114 valence electrons. The minimum Gasteiger partial charge on any atom is -0.383 e. The topological polar surface area (TPSA) is 99.0 Å². The van der Waals surface area contributed by atoms with Gasteiger partial charge in [-0.25, -0.2) is 4.79 Å². The Morgan fingerprint density at radius 1 is 1.33 bits per heavy atom. The highest BCUT2D eigenvalue weighted by Crippen LogP contribution is 2.16. The average molecular weight is 292 g/mol. The molecule has 1 amide bonds. The summed E-state index contributed by atoms with van der Waals surface area (Å²) in [6.07, 6.45) is 0. The number of methoxy groups -OCH3 is 1. The molecule has 0 fully saturated rings. The van der Waals surface area contributed by atoms with Crippen molar-refractivity contribution in [3.63, 3.8) is 0 Å². The van der Waals surface area contributed by atoms with Crippen LogP contribution in [0.2, 0.25) is 0 Å². The van der Waals surface area contributed by atoms with Crippen molar-refractivity contribution in [1.29, 1.82) is 0 Å². The van der Waals surface area contributed by atoms with Crippen molar-refractivity contribution in [1.82, 2.24) is 20.6 Å². The molecular weight excluding hydrogens is 272 g/mol. The lowest BCUT2D eigenvalue weighted by atomic mass is 10.1. The van der Waals surface area contributed by atoms with Crippen molar-refractivity contribution in [2.24, 2.45) is 0 Å². The number of imidazole rings is 1. The van der Waals surface area contributed by atoms with Gasteiger partial charge in [-0.3, -0.25) is 4.79 Å². The molecular formula is C14H20N4O3. The summed E-state index contributed by atoms with van der Waals surface area (Å²) >= 11 is 0. The Morgan fingerprint density at radius 2 is 2.10 bits per heavy atom. The predicted octanol–water partition coefficient (Wildman–Crippen LogP) is 0.269. The number of nitrogens with one attached hydrogen (secondary N) is 4. The number of ether oxygens (including phenoxy) is 1. The summed E-state index contributed by atoms with van der Waals surface area (Å²) in [4.78, 5) is 28.2. The number of benzene rings is 1. The second kappa shape index (κ2) is 7.05. The summed E-state index contributed by atoms with van der Waals surface area (Å²) in [5.41, 5.74) is 2.31. The van der Waals surface area contributed by atoms with E-state index in [1.54, 1.807) is 7.11 Å². The SMILES string of the molecule is COCCNC(=O)CNC(C)c1ccc2[nH]c(=O)[nH]c2c1. The first kappa shape index (κ1) is 15.3. The Morgan fingerprint density at radius 3 is 2.86 bits per heavy atom. The van der Waals surface area contributed by atoms with E-state index in [-0.39, 0.29) is 24.2 Å². The molecule has 4 N–H and O–H groups in total. The Kier molecular flexibility index (Phi) is 5.13. The number of aromatic amines is 2. The number of hydrogen-bond donors (Lipinski definition) is 4. The highest BCUT2D eigenvalue weighted by molar-refractivity contribution is 5.78. The number of rotatable bonds is 7. The maximum absolute atomic E-state index is 11.6. The Bertz CT molecular complexity index is 662. The highest BCUT2D eigenvalue weighted by Gasteiger charge is 2.09. The molecule has 0 aliphatic carbocycles. The van der Waals surface area contributed by atoms with Gasteiger partial charge in [0, 0.05) is 19.7 Å². The molecule has 1 heterocycles. The molecule has 0 radical (unpaired) electrons. The van der Waals surface area contributed by atoms with Crippen LogP contribution >= 0.6 is 0 Å². The Labute approximate surface area is 122 Å². The van der Waals surface area contributed by atoms with Gasteiger partial charge in [-0.2, -0.15) is 0 Å². The van der Waals surface area contributed by atoms with Crippen molar-refractivity contribution >= 4 is 16.9 Å². The van der Waals surface area contributed by atoms with Gasteiger partial charge < -0.3 is 25.3 Å². The van der Waals surface area contributed by atoms with Gasteiger partial charge in [0.15, 0.2) is 0 Å². The van der Waals surface area contributed by atoms with E-state index in [0.29, 0.717) is 13.2 Å². The van der Waals surface area contributed by atoms with Crippen LogP contribution in [-0.2, 0) is 9.53 Å². The number of H-pyrrole nitrogens is 2. The molecule has 0 saturated heterocycles. The van der Waals surface area contributed by atoms with Crippen LogP contribution in [0.5, 0.6) is 0 Å². The van der Waals surface area contributed by atoms with E-state index < -0.39 is 0 Å². The number of carbonyl (C=O) groups excluding carboxylic acids is 1. The summed E-state index contributed by atoms with van der Waals surface area (Å²) in [6.45, 7) is 3.20. The van der Waals surface area contributed by atoms with Crippen LogP contribution in [0.15, 0.2) is 23.0 Å². The van der Waals surface area contributed by atoms with Gasteiger partial charge in [-0.15, -0.1) is 0 Å². The lowest BCUT2D eigenvalue weighted by Gasteiger charge is -2.14. The maximum Gasteiger partial charge on any atom is 0.323 e. The van der Waals surface area contributed by atoms with E-state index in [1.165, 1.54) is 0 Å². The summed E-state index contributed by atoms with van der Waals surface area (Å²) in [5, 5.41) is 5.89. The van der Waals surface area contributed by atoms with E-state index in [4.69, 9.17) is 4.74 Å². The lowest BCUT2D eigenvalue weighted by molar-refractivity contribution is -0.120. The fraction of sp³-hybridized carbons (Fsp3) is 0.429. The minimum absolute atomic E-state index is 0.000905. The standard InChI is InChI=1S/C14H20N4O3/c1-9(16-8-13(19)15-5-6-21-2)10-3-4-11-12(7-10)18-14(20)17-11/h3-4,7,9,16H,5-6,8H2,1-2H3,(H,15,19)(H2,17,18,20). The molecule has 0 aliphatic heterocycles. The van der Waals surface area contributed by atoms with Gasteiger partial charge in [0.25, 0.3) is 0 Å². The van der Waals surface area contributed by atoms with E-state index >= 15 is 0 Å². The predicted molar refractivity (Wildman–Crippen MR) is 80.2 cm³/mol. The smallest absolute Gasteiger partial charge is 0.323 e. The average Bonchev–Trinajstić information content (AvgIpc) is 2.84. The zero-order chi connectivity index (χ0) is 15.2. The van der Waals surface area contributed by atoms with Crippen molar-refractivity contribution in [2.75, 3.05) is 26.8 Å². The first-order chi connectivity index (χ1) is 10.1. The van der Waals surface area contributed by atoms with E-state index in [2.05, 4.69) is 20.6 Å². The number of hydrogen-bond acceptors (Lipinski definition) is 4. The fourth-order valence-corrected chi connectivity index (χ4v) is 2.04. The molecule has 1 unspecified atom stereocenters. The highest BCUT2D eigenvalue weighted by atomic mass is 16.5. The zero-order valence-electron chi connectivity index (χ0n) is 12.2. The van der Waals surface area contributed by atoms with Gasteiger partial charge in [-0.05, 0) is 24.6 Å². The second-order valence-corrected chi connectivity index (χ2v) is 4.83. The third-order valence-electron chi connectivity index (χ3n) is 3.24. The van der Waals surface area contributed by atoms with Crippen molar-refractivity contribution < 1.29 is 9.53 Å². The Balaban J connectivity index is 1.90. The largest absolute Gasteiger partial charge is 0.383 e. The van der Waals surface area contributed by atoms with Crippen LogP contribution in [-0.4, -0.2) is 42.7 Å². The van der Waals surface area contributed by atoms with Crippen molar-refractivity contribution in [2.45, 2.75) is 13.0 Å². The number of carbonyl (C=O) groups is 1. The molecule has 2 rings (SSSR count). The number of fused-ring (bicyclic) bond motifs is 1. The number of amides is 1. The summed E-state index contributed by atoms with van der Waals surface area (Å²) in [6, 6.07) is 5.67. The zero-order valence-corrected chi connectivity index (χ0v) is 12.2. The third kappa shape index (κ3) is 4.17. The lowest BCUT2D eigenvalue weighted by Crippen LogP contribution is -2.36. The van der Waals surface area contributed by atoms with Gasteiger partial charge in [0.2, 0.25) is 5.91 Å². The van der Waals surface area contributed by atoms with Gasteiger partial charge >= 0.3 is 5.69 Å². The quantitative estimate of drug-likeness (QED) is 0.550. The van der Waals surface area contributed by atoms with Gasteiger partial charge in [0.1, 0.15) is 0 Å². The second-order valence-electron chi connectivity index (χ2n) is 4.83. The third-order valence-corrected chi connectivity index (χ3v) is 3.24. The molecule has 21 heavy (non-hydrogen) atoms. The minimum atomic E-state index is -0.222. The summed E-state index contributed by atoms with van der Waals surface area (Å²) < 4.78 is 4.86. The van der Waals surface area contributed by atoms with E-state index in [1.807, 2.05) is 25.1 Å². The monoisotopic (exact) mass is 292 g/mol. The van der Waals surface area contributed by atoms with Crippen molar-refractivity contribution in [3.8, 4) is 0 Å². The van der Waals surface area contributed by atoms with Crippen LogP contribution in [0.4, 0.5) is 0 Å². The molecule has 0 saturated carbocycles. The molecule has 0 bridgehead atoms. The molecule has 2 aromatic rings. The molecule has 0 aliphatic rings. The molecule has 1 atom stereocenters. The first-order valence-corrected chi connectivity index (χ1v) is 6.81. The van der Waals surface area contributed by atoms with Crippen LogP contribution in [0.25, 0.3) is 11.0 Å².